The maximum absolute atomic E-state index is 13.1. The number of aromatic carboxylic acids is 1. The van der Waals surface area contributed by atoms with E-state index in [0.717, 1.165) is 4.68 Å². The summed E-state index contributed by atoms with van der Waals surface area (Å²) in [5.74, 6) is -0.315. The lowest BCUT2D eigenvalue weighted by Crippen LogP contribution is -2.40. The smallest absolute Gasteiger partial charge is 0.348 e. The molecule has 0 radical (unpaired) electrons. The highest BCUT2D eigenvalue weighted by atomic mass is 16.5. The molecule has 0 bridgehead atoms. The van der Waals surface area contributed by atoms with Gasteiger partial charge in [-0.3, -0.25) is 15.2 Å². The van der Waals surface area contributed by atoms with E-state index < -0.39 is 23.1 Å². The van der Waals surface area contributed by atoms with Crippen LogP contribution in [0.25, 0.3) is 5.69 Å². The second kappa shape index (κ2) is 13.4. The topological polar surface area (TPSA) is 189 Å². The molecule has 0 saturated heterocycles. The van der Waals surface area contributed by atoms with Crippen LogP contribution >= 0.6 is 0 Å². The first-order chi connectivity index (χ1) is 21.3. The minimum atomic E-state index is -1.20. The number of carboxylic acid groups (broad SMARTS) is 1. The van der Waals surface area contributed by atoms with Gasteiger partial charge in [0.25, 0.3) is 0 Å². The molecule has 3 aromatic carbocycles. The monoisotopic (exact) mass is 615 g/mol. The Balaban J connectivity index is 1.77. The number of para-hydroxylation sites is 1. The first kappa shape index (κ1) is 32.3. The van der Waals surface area contributed by atoms with Gasteiger partial charge < -0.3 is 30.5 Å². The van der Waals surface area contributed by atoms with Crippen molar-refractivity contribution in [3.63, 3.8) is 0 Å². The number of nitrogens with zero attached hydrogens (tertiary/aromatic N) is 3. The molecule has 0 saturated carbocycles. The Bertz CT molecular complexity index is 1760. The zero-order valence-electron chi connectivity index (χ0n) is 25.7. The van der Waals surface area contributed by atoms with Crippen LogP contribution in [0.4, 0.5) is 5.69 Å². The lowest BCUT2D eigenvalue weighted by molar-refractivity contribution is -0.139. The van der Waals surface area contributed by atoms with Gasteiger partial charge in [0.05, 0.1) is 23.3 Å². The number of H-pyrrole nitrogens is 1. The van der Waals surface area contributed by atoms with Crippen LogP contribution in [0.5, 0.6) is 11.5 Å². The Kier molecular flexibility index (Phi) is 9.60. The van der Waals surface area contributed by atoms with E-state index in [4.69, 9.17) is 20.6 Å². The van der Waals surface area contributed by atoms with Crippen molar-refractivity contribution in [3.05, 3.63) is 99.7 Å². The molecule has 1 heterocycles. The van der Waals surface area contributed by atoms with Crippen molar-refractivity contribution in [3.8, 4) is 17.2 Å². The molecule has 0 aliphatic heterocycles. The molecule has 13 nitrogen and oxygen atoms in total. The summed E-state index contributed by atoms with van der Waals surface area (Å²) >= 11 is 0. The second-order valence-corrected chi connectivity index (χ2v) is 11.1. The van der Waals surface area contributed by atoms with Gasteiger partial charge >= 0.3 is 11.7 Å². The number of carbonyl (C=O) groups excluding carboxylic acids is 1. The largest absolute Gasteiger partial charge is 0.490 e. The van der Waals surface area contributed by atoms with E-state index in [1.54, 1.807) is 82.5 Å². The number of carboxylic acids is 1. The predicted octanol–water partition coefficient (Wildman–Crippen LogP) is 3.64. The number of aromatic nitrogens is 3. The quantitative estimate of drug-likeness (QED) is 0.110. The third-order valence-corrected chi connectivity index (χ3v) is 6.95. The molecular weight excluding hydrogens is 578 g/mol. The molecule has 4 rings (SSSR count). The van der Waals surface area contributed by atoms with E-state index in [9.17, 15) is 19.5 Å². The SMILES string of the molecule is CCOc1cc(C(Nc2ccc(C(=N)N)cc2)c2nn(-c3ccccc3C(=O)O)c(=O)[nH]2)ccc1OCC(C)(C)C(=O)N(C)C. The Labute approximate surface area is 260 Å². The molecular formula is C32H37N7O6. The number of ether oxygens (including phenoxy) is 2. The van der Waals surface area contributed by atoms with E-state index in [0.29, 0.717) is 34.9 Å². The van der Waals surface area contributed by atoms with Crippen LogP contribution in [-0.2, 0) is 4.79 Å². The van der Waals surface area contributed by atoms with Gasteiger partial charge in [-0.05, 0) is 74.9 Å². The van der Waals surface area contributed by atoms with Crippen LogP contribution in [0.3, 0.4) is 0 Å². The third-order valence-electron chi connectivity index (χ3n) is 6.95. The Morgan fingerprint density at radius 2 is 1.78 bits per heavy atom. The number of hydrogen-bond acceptors (Lipinski definition) is 8. The number of aromatic amines is 1. The normalized spacial score (nSPS) is 11.8. The summed E-state index contributed by atoms with van der Waals surface area (Å²) in [5, 5.41) is 25.2. The molecule has 1 aromatic heterocycles. The number of nitrogen functional groups attached to an aromatic ring is 1. The minimum absolute atomic E-state index is 0.0781. The summed E-state index contributed by atoms with van der Waals surface area (Å²) in [6, 6.07) is 17.4. The molecule has 236 valence electrons. The zero-order valence-corrected chi connectivity index (χ0v) is 25.7. The lowest BCUT2D eigenvalue weighted by Gasteiger charge is -2.27. The van der Waals surface area contributed by atoms with Gasteiger partial charge in [-0.1, -0.05) is 18.2 Å². The Morgan fingerprint density at radius 1 is 1.09 bits per heavy atom. The van der Waals surface area contributed by atoms with Gasteiger partial charge in [0, 0.05) is 25.3 Å². The number of carbonyl (C=O) groups is 2. The van der Waals surface area contributed by atoms with Crippen LogP contribution in [0.1, 0.15) is 54.1 Å². The van der Waals surface area contributed by atoms with E-state index in [1.165, 1.54) is 17.0 Å². The summed E-state index contributed by atoms with van der Waals surface area (Å²) < 4.78 is 13.0. The van der Waals surface area contributed by atoms with Crippen LogP contribution in [0.15, 0.2) is 71.5 Å². The number of amides is 1. The number of rotatable bonds is 13. The van der Waals surface area contributed by atoms with Crippen LogP contribution in [-0.4, -0.2) is 69.8 Å². The van der Waals surface area contributed by atoms with Crippen LogP contribution in [0, 0.1) is 10.8 Å². The summed E-state index contributed by atoms with van der Waals surface area (Å²) in [6.07, 6.45) is 0. The fourth-order valence-electron chi connectivity index (χ4n) is 4.71. The summed E-state index contributed by atoms with van der Waals surface area (Å²) in [6.45, 7) is 5.88. The first-order valence-corrected chi connectivity index (χ1v) is 14.2. The highest BCUT2D eigenvalue weighted by molar-refractivity contribution is 5.95. The molecule has 1 atom stereocenters. The average Bonchev–Trinajstić information content (AvgIpc) is 3.39. The maximum Gasteiger partial charge on any atom is 0.348 e. The molecule has 13 heteroatoms. The Morgan fingerprint density at radius 3 is 2.40 bits per heavy atom. The molecule has 1 amide bonds. The predicted molar refractivity (Wildman–Crippen MR) is 170 cm³/mol. The van der Waals surface area contributed by atoms with Crippen molar-refractivity contribution < 1.29 is 24.2 Å². The molecule has 0 aliphatic rings. The molecule has 0 spiro atoms. The highest BCUT2D eigenvalue weighted by Gasteiger charge is 2.31. The Hall–Kier alpha value is -5.59. The zero-order chi connectivity index (χ0) is 32.9. The summed E-state index contributed by atoms with van der Waals surface area (Å²) in [7, 11) is 3.38. The molecule has 0 aliphatic carbocycles. The van der Waals surface area contributed by atoms with Gasteiger partial charge in [-0.2, -0.15) is 4.68 Å². The minimum Gasteiger partial charge on any atom is -0.490 e. The highest BCUT2D eigenvalue weighted by Crippen LogP contribution is 2.35. The summed E-state index contributed by atoms with van der Waals surface area (Å²) in [4.78, 5) is 41.9. The number of nitrogens with two attached hydrogens (primary N) is 1. The fourth-order valence-corrected chi connectivity index (χ4v) is 4.71. The summed E-state index contributed by atoms with van der Waals surface area (Å²) in [5.41, 5.74) is 6.03. The van der Waals surface area contributed by atoms with Crippen molar-refractivity contribution in [2.45, 2.75) is 26.8 Å². The second-order valence-electron chi connectivity index (χ2n) is 11.1. The van der Waals surface area contributed by atoms with Crippen LogP contribution in [0.2, 0.25) is 0 Å². The van der Waals surface area contributed by atoms with Crippen molar-refractivity contribution in [2.75, 3.05) is 32.6 Å². The number of hydrogen-bond donors (Lipinski definition) is 5. The van der Waals surface area contributed by atoms with Gasteiger partial charge in [0.15, 0.2) is 17.3 Å². The van der Waals surface area contributed by atoms with E-state index >= 15 is 0 Å². The molecule has 6 N–H and O–H groups in total. The van der Waals surface area contributed by atoms with Crippen LogP contribution < -0.4 is 26.2 Å². The maximum atomic E-state index is 13.1. The van der Waals surface area contributed by atoms with Gasteiger partial charge in [0.2, 0.25) is 5.91 Å². The van der Waals surface area contributed by atoms with Gasteiger partial charge in [0.1, 0.15) is 18.5 Å². The number of nitrogens with one attached hydrogen (secondary N) is 3. The molecule has 45 heavy (non-hydrogen) atoms. The van der Waals surface area contributed by atoms with Gasteiger partial charge in [-0.25, -0.2) is 9.59 Å². The average molecular weight is 616 g/mol. The van der Waals surface area contributed by atoms with E-state index in [1.807, 2.05) is 6.92 Å². The van der Waals surface area contributed by atoms with Crippen molar-refractivity contribution >= 4 is 23.4 Å². The number of amidine groups is 1. The third kappa shape index (κ3) is 7.32. The lowest BCUT2D eigenvalue weighted by atomic mass is 9.93. The molecule has 4 aromatic rings. The molecule has 1 unspecified atom stereocenters. The van der Waals surface area contributed by atoms with Gasteiger partial charge in [-0.15, -0.1) is 5.10 Å². The molecule has 0 fully saturated rings. The number of benzene rings is 3. The first-order valence-electron chi connectivity index (χ1n) is 14.2. The standard InChI is InChI=1S/C32H37N7O6/c1-6-44-25-17-20(13-16-24(25)45-18-32(2,3)30(42)38(4)5)26(35-21-14-11-19(12-15-21)27(33)34)28-36-31(43)39(37-28)23-10-8-7-9-22(23)29(40)41/h7-17,26,35H,6,18H2,1-5H3,(H3,33,34)(H,40,41)(H,36,37,43). The van der Waals surface area contributed by atoms with Crippen molar-refractivity contribution in [1.82, 2.24) is 19.7 Å². The van der Waals surface area contributed by atoms with Crippen molar-refractivity contribution in [2.24, 2.45) is 11.1 Å². The van der Waals surface area contributed by atoms with E-state index in [-0.39, 0.29) is 35.4 Å². The fraction of sp³-hybridized carbons (Fsp3) is 0.281. The number of anilines is 1. The van der Waals surface area contributed by atoms with Crippen molar-refractivity contribution in [1.29, 1.82) is 5.41 Å². The van der Waals surface area contributed by atoms with E-state index in [2.05, 4.69) is 15.4 Å².